The number of hydrogen-bond donors (Lipinski definition) is 0. The Balaban J connectivity index is 1.77. The lowest BCUT2D eigenvalue weighted by Crippen LogP contribution is -2.39. The van der Waals surface area contributed by atoms with Crippen molar-refractivity contribution in [2.24, 2.45) is 0 Å². The molecule has 0 amide bonds. The monoisotopic (exact) mass is 279 g/mol. The lowest BCUT2D eigenvalue weighted by Gasteiger charge is -2.38. The number of benzene rings is 2. The van der Waals surface area contributed by atoms with Crippen LogP contribution in [-0.2, 0) is 0 Å². The normalized spacial score (nSPS) is 21.1. The molecular weight excluding hydrogens is 254 g/mol. The van der Waals surface area contributed by atoms with Crippen molar-refractivity contribution in [3.63, 3.8) is 0 Å². The smallest absolute Gasteiger partial charge is 0.0322 e. The van der Waals surface area contributed by atoms with E-state index in [9.17, 15) is 0 Å². The molecule has 0 aromatic heterocycles. The fourth-order valence-electron chi connectivity index (χ4n) is 3.47. The molecule has 21 heavy (non-hydrogen) atoms. The highest BCUT2D eigenvalue weighted by atomic mass is 15.2. The molecule has 0 aliphatic carbocycles. The zero-order valence-corrected chi connectivity index (χ0v) is 13.1. The van der Waals surface area contributed by atoms with E-state index >= 15 is 0 Å². The predicted octanol–water partition coefficient (Wildman–Crippen LogP) is 5.29. The van der Waals surface area contributed by atoms with Crippen molar-refractivity contribution in [3.8, 4) is 11.1 Å². The van der Waals surface area contributed by atoms with Crippen molar-refractivity contribution < 1.29 is 0 Å². The molecule has 2 atom stereocenters. The maximum atomic E-state index is 2.65. The van der Waals surface area contributed by atoms with E-state index in [-0.39, 0.29) is 0 Å². The number of hydrogen-bond acceptors (Lipinski definition) is 1. The van der Waals surface area contributed by atoms with Crippen LogP contribution in [0.2, 0.25) is 0 Å². The van der Waals surface area contributed by atoms with Crippen LogP contribution >= 0.6 is 0 Å². The van der Waals surface area contributed by atoms with Gasteiger partial charge in [-0.3, -0.25) is 4.90 Å². The third-order valence-corrected chi connectivity index (χ3v) is 4.85. The van der Waals surface area contributed by atoms with Gasteiger partial charge in [0.05, 0.1) is 0 Å². The van der Waals surface area contributed by atoms with Crippen molar-refractivity contribution >= 4 is 0 Å². The van der Waals surface area contributed by atoms with E-state index in [1.807, 2.05) is 0 Å². The van der Waals surface area contributed by atoms with Gasteiger partial charge < -0.3 is 0 Å². The van der Waals surface area contributed by atoms with E-state index in [0.29, 0.717) is 12.1 Å². The molecule has 0 saturated carbocycles. The van der Waals surface area contributed by atoms with Crippen molar-refractivity contribution in [2.75, 3.05) is 6.54 Å². The van der Waals surface area contributed by atoms with Crippen LogP contribution in [0.25, 0.3) is 11.1 Å². The van der Waals surface area contributed by atoms with Gasteiger partial charge >= 0.3 is 0 Å². The SMILES string of the molecule is C[C@H]1CCCCN1[C@@H](C)c1ccc(-c2ccccc2)cc1. The second-order valence-electron chi connectivity index (χ2n) is 6.25. The van der Waals surface area contributed by atoms with Crippen molar-refractivity contribution in [1.82, 2.24) is 4.90 Å². The standard InChI is InChI=1S/C20H25N/c1-16-8-6-7-15-21(16)17(2)18-11-13-20(14-12-18)19-9-4-3-5-10-19/h3-5,9-14,16-17H,6-8,15H2,1-2H3/t16-,17-/m0/s1. The van der Waals surface area contributed by atoms with Gasteiger partial charge in [-0.05, 0) is 49.9 Å². The summed E-state index contributed by atoms with van der Waals surface area (Å²) >= 11 is 0. The Kier molecular flexibility index (Phi) is 4.40. The van der Waals surface area contributed by atoms with Crippen molar-refractivity contribution in [1.29, 1.82) is 0 Å². The van der Waals surface area contributed by atoms with Crippen LogP contribution in [0.5, 0.6) is 0 Å². The summed E-state index contributed by atoms with van der Waals surface area (Å²) in [5.41, 5.74) is 4.03. The van der Waals surface area contributed by atoms with E-state index in [1.165, 1.54) is 42.5 Å². The molecular formula is C20H25N. The van der Waals surface area contributed by atoms with E-state index in [4.69, 9.17) is 0 Å². The van der Waals surface area contributed by atoms with Gasteiger partial charge in [-0.25, -0.2) is 0 Å². The van der Waals surface area contributed by atoms with Gasteiger partial charge in [-0.1, -0.05) is 61.0 Å². The van der Waals surface area contributed by atoms with Gasteiger partial charge in [0.2, 0.25) is 0 Å². The maximum Gasteiger partial charge on any atom is 0.0322 e. The van der Waals surface area contributed by atoms with E-state index in [2.05, 4.69) is 73.3 Å². The molecule has 3 rings (SSSR count). The molecule has 0 bridgehead atoms. The zero-order chi connectivity index (χ0) is 14.7. The van der Waals surface area contributed by atoms with Gasteiger partial charge in [0.1, 0.15) is 0 Å². The highest BCUT2D eigenvalue weighted by Crippen LogP contribution is 2.29. The zero-order valence-electron chi connectivity index (χ0n) is 13.1. The highest BCUT2D eigenvalue weighted by molar-refractivity contribution is 5.63. The Morgan fingerprint density at radius 2 is 1.57 bits per heavy atom. The maximum absolute atomic E-state index is 2.65. The van der Waals surface area contributed by atoms with Crippen LogP contribution in [0.1, 0.15) is 44.7 Å². The Labute approximate surface area is 128 Å². The largest absolute Gasteiger partial charge is 0.294 e. The molecule has 0 unspecified atom stereocenters. The van der Waals surface area contributed by atoms with E-state index in [1.54, 1.807) is 0 Å². The molecule has 1 aliphatic heterocycles. The minimum absolute atomic E-state index is 0.519. The predicted molar refractivity (Wildman–Crippen MR) is 90.3 cm³/mol. The summed E-state index contributed by atoms with van der Waals surface area (Å²) in [4.78, 5) is 2.65. The molecule has 0 spiro atoms. The summed E-state index contributed by atoms with van der Waals surface area (Å²) < 4.78 is 0. The van der Waals surface area contributed by atoms with Gasteiger partial charge in [0.25, 0.3) is 0 Å². The highest BCUT2D eigenvalue weighted by Gasteiger charge is 2.23. The van der Waals surface area contributed by atoms with Gasteiger partial charge in [-0.2, -0.15) is 0 Å². The number of piperidine rings is 1. The third kappa shape index (κ3) is 3.19. The van der Waals surface area contributed by atoms with Crippen LogP contribution in [0, 0.1) is 0 Å². The minimum Gasteiger partial charge on any atom is -0.294 e. The molecule has 1 aliphatic rings. The van der Waals surface area contributed by atoms with Gasteiger partial charge in [0, 0.05) is 12.1 Å². The summed E-state index contributed by atoms with van der Waals surface area (Å²) in [5.74, 6) is 0. The Morgan fingerprint density at radius 1 is 0.905 bits per heavy atom. The van der Waals surface area contributed by atoms with Crippen LogP contribution in [0.15, 0.2) is 54.6 Å². The van der Waals surface area contributed by atoms with Crippen molar-refractivity contribution in [2.45, 2.75) is 45.2 Å². The molecule has 1 nitrogen and oxygen atoms in total. The van der Waals surface area contributed by atoms with Crippen LogP contribution < -0.4 is 0 Å². The third-order valence-electron chi connectivity index (χ3n) is 4.85. The fourth-order valence-corrected chi connectivity index (χ4v) is 3.47. The fraction of sp³-hybridized carbons (Fsp3) is 0.400. The first-order valence-electron chi connectivity index (χ1n) is 8.17. The molecule has 1 heteroatoms. The van der Waals surface area contributed by atoms with Crippen LogP contribution in [0.3, 0.4) is 0 Å². The first-order valence-corrected chi connectivity index (χ1v) is 8.17. The van der Waals surface area contributed by atoms with E-state index < -0.39 is 0 Å². The summed E-state index contributed by atoms with van der Waals surface area (Å²) in [6.45, 7) is 5.95. The molecule has 1 heterocycles. The average Bonchev–Trinajstić information content (AvgIpc) is 2.56. The number of rotatable bonds is 3. The molecule has 1 fully saturated rings. The van der Waals surface area contributed by atoms with Crippen molar-refractivity contribution in [3.05, 3.63) is 60.2 Å². The van der Waals surface area contributed by atoms with Gasteiger partial charge in [0.15, 0.2) is 0 Å². The second-order valence-corrected chi connectivity index (χ2v) is 6.25. The molecule has 0 radical (unpaired) electrons. The van der Waals surface area contributed by atoms with Crippen LogP contribution in [-0.4, -0.2) is 17.5 Å². The summed E-state index contributed by atoms with van der Waals surface area (Å²) in [6.07, 6.45) is 4.07. The Morgan fingerprint density at radius 3 is 2.24 bits per heavy atom. The molecule has 2 aromatic rings. The summed E-state index contributed by atoms with van der Waals surface area (Å²) in [6, 6.07) is 21.0. The topological polar surface area (TPSA) is 3.24 Å². The molecule has 0 N–H and O–H groups in total. The number of likely N-dealkylation sites (tertiary alicyclic amines) is 1. The lowest BCUT2D eigenvalue weighted by atomic mass is 9.96. The summed E-state index contributed by atoms with van der Waals surface area (Å²) in [7, 11) is 0. The Bertz CT molecular complexity index is 558. The first kappa shape index (κ1) is 14.3. The quantitative estimate of drug-likeness (QED) is 0.738. The Hall–Kier alpha value is -1.60. The van der Waals surface area contributed by atoms with Crippen LogP contribution in [0.4, 0.5) is 0 Å². The molecule has 1 saturated heterocycles. The molecule has 2 aromatic carbocycles. The summed E-state index contributed by atoms with van der Waals surface area (Å²) in [5, 5.41) is 0. The van der Waals surface area contributed by atoms with Gasteiger partial charge in [-0.15, -0.1) is 0 Å². The average molecular weight is 279 g/mol. The lowest BCUT2D eigenvalue weighted by molar-refractivity contribution is 0.114. The first-order chi connectivity index (χ1) is 10.3. The second kappa shape index (κ2) is 6.44. The molecule has 110 valence electrons. The van der Waals surface area contributed by atoms with E-state index in [0.717, 1.165) is 0 Å². The minimum atomic E-state index is 0.519. The number of nitrogens with zero attached hydrogens (tertiary/aromatic N) is 1.